The van der Waals surface area contributed by atoms with Crippen molar-refractivity contribution in [1.82, 2.24) is 10.3 Å². The number of nitrogens with zero attached hydrogens (tertiary/aromatic N) is 1. The van der Waals surface area contributed by atoms with E-state index in [9.17, 15) is 4.79 Å². The van der Waals surface area contributed by atoms with Gasteiger partial charge in [0.15, 0.2) is 0 Å². The van der Waals surface area contributed by atoms with Gasteiger partial charge in [-0.05, 0) is 57.1 Å². The van der Waals surface area contributed by atoms with Crippen molar-refractivity contribution >= 4 is 17.9 Å². The van der Waals surface area contributed by atoms with Gasteiger partial charge in [0.25, 0.3) is 0 Å². The van der Waals surface area contributed by atoms with Gasteiger partial charge in [-0.3, -0.25) is 4.98 Å². The number of nitrogens with one attached hydrogen (secondary N) is 1. The zero-order valence-corrected chi connectivity index (χ0v) is 15.4. The highest BCUT2D eigenvalue weighted by Crippen LogP contribution is 2.30. The molecule has 1 fully saturated rings. The summed E-state index contributed by atoms with van der Waals surface area (Å²) in [4.78, 5) is 17.9. The minimum atomic E-state index is -0.254. The quantitative estimate of drug-likeness (QED) is 0.632. The van der Waals surface area contributed by atoms with Gasteiger partial charge < -0.3 is 10.1 Å². The van der Waals surface area contributed by atoms with Crippen LogP contribution in [0.3, 0.4) is 0 Å². The summed E-state index contributed by atoms with van der Waals surface area (Å²) in [5, 5.41) is 3.00. The van der Waals surface area contributed by atoms with Crippen molar-refractivity contribution in [3.05, 3.63) is 23.0 Å². The molecule has 0 atom stereocenters. The number of ether oxygens (including phenoxy) is 1. The van der Waals surface area contributed by atoms with E-state index in [0.717, 1.165) is 37.1 Å². The summed E-state index contributed by atoms with van der Waals surface area (Å²) in [6.07, 6.45) is 10.4. The zero-order valence-electron chi connectivity index (χ0n) is 14.6. The second-order valence-corrected chi connectivity index (χ2v) is 7.99. The Hall–Kier alpha value is -1.23. The summed E-state index contributed by atoms with van der Waals surface area (Å²) in [5.41, 5.74) is 3.79. The number of carbonyl (C=O) groups is 1. The van der Waals surface area contributed by atoms with E-state index >= 15 is 0 Å². The van der Waals surface area contributed by atoms with Crippen LogP contribution in [-0.4, -0.2) is 29.5 Å². The summed E-state index contributed by atoms with van der Waals surface area (Å²) in [6, 6.07) is 2.49. The molecule has 0 bridgehead atoms. The van der Waals surface area contributed by atoms with Gasteiger partial charge in [-0.15, -0.1) is 11.8 Å². The third kappa shape index (κ3) is 4.88. The van der Waals surface area contributed by atoms with E-state index in [0.29, 0.717) is 12.6 Å². The van der Waals surface area contributed by atoms with Crippen molar-refractivity contribution in [3.8, 4) is 0 Å². The van der Waals surface area contributed by atoms with E-state index in [2.05, 4.69) is 23.3 Å². The van der Waals surface area contributed by atoms with E-state index in [1.54, 1.807) is 11.8 Å². The first kappa shape index (κ1) is 17.6. The van der Waals surface area contributed by atoms with Gasteiger partial charge in [0.2, 0.25) is 0 Å². The van der Waals surface area contributed by atoms with Crippen molar-refractivity contribution in [3.63, 3.8) is 0 Å². The molecule has 24 heavy (non-hydrogen) atoms. The number of fused-ring (bicyclic) bond motifs is 1. The molecule has 132 valence electrons. The minimum absolute atomic E-state index is 0.254. The van der Waals surface area contributed by atoms with Crippen molar-refractivity contribution in [2.45, 2.75) is 75.6 Å². The van der Waals surface area contributed by atoms with Crippen LogP contribution in [0, 0.1) is 6.92 Å². The van der Waals surface area contributed by atoms with Crippen LogP contribution in [-0.2, 0) is 17.6 Å². The average molecular weight is 349 g/mol. The van der Waals surface area contributed by atoms with Crippen LogP contribution in [0.15, 0.2) is 11.0 Å². The second kappa shape index (κ2) is 8.75. The molecule has 0 radical (unpaired) electrons. The Morgan fingerprint density at radius 1 is 1.25 bits per heavy atom. The van der Waals surface area contributed by atoms with Crippen LogP contribution in [0.1, 0.15) is 61.9 Å². The van der Waals surface area contributed by atoms with Gasteiger partial charge in [0.05, 0.1) is 0 Å². The highest BCUT2D eigenvalue weighted by molar-refractivity contribution is 7.99. The lowest BCUT2D eigenvalue weighted by Gasteiger charge is -2.22. The van der Waals surface area contributed by atoms with Crippen molar-refractivity contribution in [1.29, 1.82) is 0 Å². The van der Waals surface area contributed by atoms with Gasteiger partial charge in [0.1, 0.15) is 6.61 Å². The molecule has 1 aromatic rings. The van der Waals surface area contributed by atoms with Crippen molar-refractivity contribution in [2.24, 2.45) is 0 Å². The van der Waals surface area contributed by atoms with Crippen LogP contribution < -0.4 is 5.32 Å². The van der Waals surface area contributed by atoms with Crippen molar-refractivity contribution < 1.29 is 9.53 Å². The molecule has 0 aromatic carbocycles. The van der Waals surface area contributed by atoms with Crippen LogP contribution >= 0.6 is 11.8 Å². The number of hydrogen-bond acceptors (Lipinski definition) is 4. The molecule has 0 spiro atoms. The number of thioether (sulfide) groups is 1. The maximum atomic E-state index is 11.9. The van der Waals surface area contributed by atoms with Crippen LogP contribution in [0.5, 0.6) is 0 Å². The smallest absolute Gasteiger partial charge is 0.407 e. The topological polar surface area (TPSA) is 51.2 Å². The van der Waals surface area contributed by atoms with Gasteiger partial charge in [-0.2, -0.15) is 0 Å². The predicted molar refractivity (Wildman–Crippen MR) is 97.7 cm³/mol. The highest BCUT2D eigenvalue weighted by Gasteiger charge is 2.17. The third-order valence-corrected chi connectivity index (χ3v) is 5.93. The number of carbonyl (C=O) groups excluding carboxylic acids is 1. The first-order chi connectivity index (χ1) is 11.7. The molecule has 2 aliphatic carbocycles. The Morgan fingerprint density at radius 3 is 2.88 bits per heavy atom. The molecule has 0 aliphatic heterocycles. The Kier molecular flexibility index (Phi) is 6.41. The van der Waals surface area contributed by atoms with E-state index < -0.39 is 0 Å². The molecule has 5 heteroatoms. The van der Waals surface area contributed by atoms with E-state index in [4.69, 9.17) is 4.74 Å². The fraction of sp³-hybridized carbons (Fsp3) is 0.684. The average Bonchev–Trinajstić information content (AvgIpc) is 2.59. The van der Waals surface area contributed by atoms with E-state index in [1.165, 1.54) is 48.3 Å². The van der Waals surface area contributed by atoms with Crippen molar-refractivity contribution in [2.75, 3.05) is 12.4 Å². The minimum Gasteiger partial charge on any atom is -0.449 e. The van der Waals surface area contributed by atoms with Gasteiger partial charge in [-0.25, -0.2) is 4.79 Å². The van der Waals surface area contributed by atoms with Crippen LogP contribution in [0.2, 0.25) is 0 Å². The largest absolute Gasteiger partial charge is 0.449 e. The molecule has 1 aromatic heterocycles. The number of aryl methyl sites for hydroxylation is 2. The summed E-state index contributed by atoms with van der Waals surface area (Å²) in [5.74, 6) is 0.800. The lowest BCUT2D eigenvalue weighted by atomic mass is 9.96. The highest BCUT2D eigenvalue weighted by atomic mass is 32.2. The second-order valence-electron chi connectivity index (χ2n) is 6.86. The summed E-state index contributed by atoms with van der Waals surface area (Å²) < 4.78 is 5.35. The maximum Gasteiger partial charge on any atom is 0.407 e. The molecule has 1 amide bonds. The standard InChI is InChI=1S/C19H28N2O2S/c1-14-13-18(16-9-5-6-10-17(16)20-14)24-12-11-23-19(22)21-15-7-3-2-4-8-15/h13,15H,2-12H2,1H3,(H,21,22). The predicted octanol–water partition coefficient (Wildman–Crippen LogP) is 4.42. The molecule has 1 saturated carbocycles. The summed E-state index contributed by atoms with van der Waals surface area (Å²) in [6.45, 7) is 2.52. The summed E-state index contributed by atoms with van der Waals surface area (Å²) >= 11 is 1.79. The normalized spacial score (nSPS) is 18.0. The summed E-state index contributed by atoms with van der Waals surface area (Å²) in [7, 11) is 0. The molecule has 0 saturated heterocycles. The van der Waals surface area contributed by atoms with Gasteiger partial charge in [-0.1, -0.05) is 19.3 Å². The lowest BCUT2D eigenvalue weighted by Crippen LogP contribution is -2.36. The Balaban J connectivity index is 1.43. The number of amides is 1. The first-order valence-electron chi connectivity index (χ1n) is 9.28. The number of alkyl carbamates (subject to hydrolysis) is 1. The molecule has 4 nitrogen and oxygen atoms in total. The fourth-order valence-electron chi connectivity index (χ4n) is 3.67. The lowest BCUT2D eigenvalue weighted by molar-refractivity contribution is 0.146. The number of pyridine rings is 1. The van der Waals surface area contributed by atoms with Gasteiger partial charge in [0, 0.05) is 28.1 Å². The Bertz CT molecular complexity index is 571. The molecule has 1 heterocycles. The molecular formula is C19H28N2O2S. The molecular weight excluding hydrogens is 320 g/mol. The third-order valence-electron chi connectivity index (χ3n) is 4.89. The number of rotatable bonds is 5. The maximum absolute atomic E-state index is 11.9. The monoisotopic (exact) mass is 348 g/mol. The molecule has 3 rings (SSSR count). The van der Waals surface area contributed by atoms with Gasteiger partial charge >= 0.3 is 6.09 Å². The van der Waals surface area contributed by atoms with E-state index in [-0.39, 0.29) is 6.09 Å². The Morgan fingerprint density at radius 2 is 2.04 bits per heavy atom. The van der Waals surface area contributed by atoms with E-state index in [1.807, 2.05) is 0 Å². The number of aromatic nitrogens is 1. The van der Waals surface area contributed by atoms with Crippen LogP contribution in [0.25, 0.3) is 0 Å². The molecule has 0 unspecified atom stereocenters. The Labute approximate surface area is 149 Å². The molecule has 2 aliphatic rings. The molecule has 1 N–H and O–H groups in total. The SMILES string of the molecule is Cc1cc(SCCOC(=O)NC2CCCCC2)c2c(n1)CCCC2. The fourth-order valence-corrected chi connectivity index (χ4v) is 4.70. The van der Waals surface area contributed by atoms with Crippen LogP contribution in [0.4, 0.5) is 4.79 Å². The zero-order chi connectivity index (χ0) is 16.8. The number of hydrogen-bond donors (Lipinski definition) is 1. The first-order valence-corrected chi connectivity index (χ1v) is 10.3.